The first kappa shape index (κ1) is 8.62. The van der Waals surface area contributed by atoms with Gasteiger partial charge in [0, 0.05) is 11.6 Å². The van der Waals surface area contributed by atoms with Crippen LogP contribution in [0.15, 0.2) is 0 Å². The lowest BCUT2D eigenvalue weighted by Crippen LogP contribution is -2.39. The van der Waals surface area contributed by atoms with Gasteiger partial charge in [-0.15, -0.1) is 0 Å². The molecule has 0 saturated heterocycles. The van der Waals surface area contributed by atoms with Crippen molar-refractivity contribution in [1.82, 2.24) is 0 Å². The number of aliphatic carboxylic acids is 1. The molecule has 0 amide bonds. The van der Waals surface area contributed by atoms with Crippen LogP contribution in [0.3, 0.4) is 0 Å². The Morgan fingerprint density at radius 3 is 1.89 bits per heavy atom. The summed E-state index contributed by atoms with van der Waals surface area (Å²) in [6.45, 7) is 0.774. The van der Waals surface area contributed by atoms with Gasteiger partial charge < -0.3 is 24.3 Å². The highest BCUT2D eigenvalue weighted by Gasteiger charge is 2.05. The highest BCUT2D eigenvalue weighted by molar-refractivity contribution is 7.50. The predicted molar refractivity (Wildman–Crippen MR) is 22.1 cm³/mol. The van der Waals surface area contributed by atoms with Gasteiger partial charge in [0.15, 0.2) is 0 Å². The average molecular weight is 151 g/mol. The maximum atomic E-state index is 9.82. The first-order valence-electron chi connectivity index (χ1n) is 2.08. The van der Waals surface area contributed by atoms with Crippen LogP contribution in [0.2, 0.25) is 0 Å². The molecule has 0 fully saturated rings. The van der Waals surface area contributed by atoms with E-state index < -0.39 is 19.2 Å². The molecule has 0 heterocycles. The van der Waals surface area contributed by atoms with Crippen LogP contribution < -0.4 is 14.9 Å². The molecule has 0 unspecified atom stereocenters. The molecule has 0 aromatic carbocycles. The van der Waals surface area contributed by atoms with Crippen LogP contribution in [0.25, 0.3) is 0 Å². The Morgan fingerprint density at radius 1 is 1.56 bits per heavy atom. The third-order valence-electron chi connectivity index (χ3n) is 0.815. The van der Waals surface area contributed by atoms with Crippen LogP contribution in [0.4, 0.5) is 0 Å². The number of hydrogen-bond donors (Lipinski definition) is 0. The summed E-state index contributed by atoms with van der Waals surface area (Å²) in [5.74, 6) is -1.86. The molecule has 6 heteroatoms. The lowest BCUT2D eigenvalue weighted by Gasteiger charge is -2.36. The Kier molecular flexibility index (Phi) is 2.37. The van der Waals surface area contributed by atoms with Crippen molar-refractivity contribution >= 4 is 13.6 Å². The third kappa shape index (κ3) is 2.60. The average Bonchev–Trinajstić information content (AvgIpc) is 1.62. The number of carbonyl (C=O) groups is 1. The fourth-order valence-corrected chi connectivity index (χ4v) is 0.387. The van der Waals surface area contributed by atoms with E-state index in [4.69, 9.17) is 0 Å². The first-order chi connectivity index (χ1) is 3.85. The second kappa shape index (κ2) is 2.47. The Bertz CT molecular complexity index is 158. The number of hydrogen-bond acceptors (Lipinski definition) is 5. The Morgan fingerprint density at radius 2 is 1.89 bits per heavy atom. The summed E-state index contributed by atoms with van der Waals surface area (Å²) in [7, 11) is -4.97. The maximum absolute atomic E-state index is 9.82. The molecule has 0 N–H and O–H groups in total. The van der Waals surface area contributed by atoms with E-state index in [2.05, 4.69) is 0 Å². The minimum atomic E-state index is -4.97. The van der Waals surface area contributed by atoms with Crippen LogP contribution in [-0.2, 0) is 9.36 Å². The molecule has 0 aliphatic carbocycles. The molecule has 54 valence electrons. The molecule has 0 bridgehead atoms. The Hall–Kier alpha value is -0.380. The fraction of sp³-hybridized carbons (Fsp3) is 0.667. The van der Waals surface area contributed by atoms with Crippen molar-refractivity contribution in [3.05, 3.63) is 0 Å². The number of rotatable bonds is 2. The quantitative estimate of drug-likeness (QED) is 0.392. The van der Waals surface area contributed by atoms with E-state index in [0.717, 1.165) is 6.92 Å². The Labute approximate surface area is 51.5 Å². The zero-order valence-corrected chi connectivity index (χ0v) is 5.46. The summed E-state index contributed by atoms with van der Waals surface area (Å²) >= 11 is 0. The summed E-state index contributed by atoms with van der Waals surface area (Å²) in [4.78, 5) is 29.3. The van der Waals surface area contributed by atoms with E-state index in [-0.39, 0.29) is 0 Å². The molecular formula is C3H4O5P-3. The summed E-state index contributed by atoms with van der Waals surface area (Å²) in [5.41, 5.74) is -1.93. The molecule has 0 aromatic rings. The van der Waals surface area contributed by atoms with Crippen LogP contribution in [0.5, 0.6) is 0 Å². The molecule has 0 rings (SSSR count). The molecule has 0 aromatic heterocycles. The van der Waals surface area contributed by atoms with Gasteiger partial charge in [-0.3, -0.25) is 0 Å². The van der Waals surface area contributed by atoms with Crippen LogP contribution >= 0.6 is 7.60 Å². The van der Waals surface area contributed by atoms with E-state index in [0.29, 0.717) is 0 Å². The van der Waals surface area contributed by atoms with Gasteiger partial charge in [0.2, 0.25) is 0 Å². The van der Waals surface area contributed by atoms with Gasteiger partial charge in [-0.2, -0.15) is 0 Å². The largest absolute Gasteiger partial charge is 0.810 e. The van der Waals surface area contributed by atoms with Crippen molar-refractivity contribution in [2.24, 2.45) is 0 Å². The summed E-state index contributed by atoms with van der Waals surface area (Å²) in [6.07, 6.45) is 0. The van der Waals surface area contributed by atoms with Crippen LogP contribution in [0, 0.1) is 0 Å². The molecule has 0 aliphatic rings. The Balaban J connectivity index is 4.23. The molecule has 9 heavy (non-hydrogen) atoms. The van der Waals surface area contributed by atoms with Gasteiger partial charge >= 0.3 is 0 Å². The minimum Gasteiger partial charge on any atom is -0.810 e. The highest BCUT2D eigenvalue weighted by atomic mass is 31.2. The predicted octanol–water partition coefficient (Wildman–Crippen LogP) is -2.96. The van der Waals surface area contributed by atoms with Gasteiger partial charge in [0.1, 0.15) is 0 Å². The van der Waals surface area contributed by atoms with Gasteiger partial charge in [-0.05, 0) is 0 Å². The van der Waals surface area contributed by atoms with Gasteiger partial charge in [-0.1, -0.05) is 14.5 Å². The standard InChI is InChI=1S/C3H7O5P/c1-2(3(4)5)9(6,7)8/h2H,1H3,(H,4,5)(H2,6,7,8)/p-3/t2-/m0/s1. The number of carboxylic acids is 1. The first-order valence-corrected chi connectivity index (χ1v) is 3.69. The topological polar surface area (TPSA) is 103 Å². The van der Waals surface area contributed by atoms with E-state index in [1.54, 1.807) is 0 Å². The van der Waals surface area contributed by atoms with Gasteiger partial charge in [0.25, 0.3) is 0 Å². The summed E-state index contributed by atoms with van der Waals surface area (Å²) in [6, 6.07) is 0. The zero-order valence-electron chi connectivity index (χ0n) is 4.57. The van der Waals surface area contributed by atoms with E-state index in [1.165, 1.54) is 0 Å². The van der Waals surface area contributed by atoms with Gasteiger partial charge in [-0.25, -0.2) is 0 Å². The third-order valence-corrected chi connectivity index (χ3v) is 1.97. The second-order valence-corrected chi connectivity index (χ2v) is 3.39. The minimum absolute atomic E-state index is 0.774. The normalized spacial score (nSPS) is 15.0. The van der Waals surface area contributed by atoms with Crippen molar-refractivity contribution in [2.75, 3.05) is 0 Å². The molecule has 1 atom stereocenters. The van der Waals surface area contributed by atoms with Crippen LogP contribution in [0.1, 0.15) is 6.92 Å². The van der Waals surface area contributed by atoms with E-state index >= 15 is 0 Å². The fourth-order valence-electron chi connectivity index (χ4n) is 0.129. The van der Waals surface area contributed by atoms with Crippen molar-refractivity contribution in [1.29, 1.82) is 0 Å². The monoisotopic (exact) mass is 151 g/mol. The van der Waals surface area contributed by atoms with Crippen molar-refractivity contribution in [3.63, 3.8) is 0 Å². The van der Waals surface area contributed by atoms with Crippen molar-refractivity contribution in [3.8, 4) is 0 Å². The molecule has 0 spiro atoms. The van der Waals surface area contributed by atoms with Crippen molar-refractivity contribution in [2.45, 2.75) is 12.6 Å². The molecule has 0 radical (unpaired) electrons. The number of carboxylic acid groups (broad SMARTS) is 1. The van der Waals surface area contributed by atoms with E-state index in [1.807, 2.05) is 0 Å². The molecule has 0 saturated carbocycles. The smallest absolute Gasteiger partial charge is 0.0492 e. The van der Waals surface area contributed by atoms with Crippen LogP contribution in [-0.4, -0.2) is 11.6 Å². The zero-order chi connectivity index (χ0) is 7.65. The SMILES string of the molecule is C[C@@H](C(=O)[O-])P(=O)([O-])[O-]. The lowest BCUT2D eigenvalue weighted by molar-refractivity contribution is -0.327. The molecular weight excluding hydrogens is 147 g/mol. The van der Waals surface area contributed by atoms with Gasteiger partial charge in [0.05, 0.1) is 0 Å². The molecule has 5 nitrogen and oxygen atoms in total. The summed E-state index contributed by atoms with van der Waals surface area (Å²) in [5, 5.41) is 9.66. The highest BCUT2D eigenvalue weighted by Crippen LogP contribution is 2.29. The summed E-state index contributed by atoms with van der Waals surface area (Å²) < 4.78 is 9.82. The van der Waals surface area contributed by atoms with Crippen molar-refractivity contribution < 1.29 is 24.3 Å². The second-order valence-electron chi connectivity index (χ2n) is 1.53. The maximum Gasteiger partial charge on any atom is 0.0492 e. The van der Waals surface area contributed by atoms with E-state index in [9.17, 15) is 24.3 Å². The molecule has 0 aliphatic heterocycles. The lowest BCUT2D eigenvalue weighted by atomic mass is 10.5. The number of carbonyl (C=O) groups excluding carboxylic acids is 1.